The Bertz CT molecular complexity index is 571. The molecule has 1 atom stereocenters. The average molecular weight is 293 g/mol. The van der Waals surface area contributed by atoms with Gasteiger partial charge in [-0.15, -0.1) is 0 Å². The number of nitrogens with one attached hydrogen (secondary N) is 1. The molecule has 1 unspecified atom stereocenters. The Morgan fingerprint density at radius 3 is 2.80 bits per heavy atom. The molecule has 108 valence electrons. The topological polar surface area (TPSA) is 34.1 Å². The number of hydrogen-bond acceptors (Lipinski definition) is 3. The van der Waals surface area contributed by atoms with Gasteiger partial charge in [0.2, 0.25) is 0 Å². The molecule has 1 aromatic carbocycles. The molecule has 0 bridgehead atoms. The van der Waals surface area contributed by atoms with E-state index in [-0.39, 0.29) is 0 Å². The van der Waals surface area contributed by atoms with Crippen LogP contribution in [0.5, 0.6) is 0 Å². The summed E-state index contributed by atoms with van der Waals surface area (Å²) in [7, 11) is 1.73. The number of ether oxygens (including phenoxy) is 1. The van der Waals surface area contributed by atoms with E-state index in [4.69, 9.17) is 16.3 Å². The molecule has 2 aromatic rings. The summed E-state index contributed by atoms with van der Waals surface area (Å²) in [6, 6.07) is 8.21. The third kappa shape index (κ3) is 3.48. The van der Waals surface area contributed by atoms with Crippen molar-refractivity contribution < 1.29 is 4.74 Å². The summed E-state index contributed by atoms with van der Waals surface area (Å²) in [5, 5.41) is 5.29. The minimum atomic E-state index is 0.328. The zero-order valence-electron chi connectivity index (χ0n) is 12.2. The molecule has 2 rings (SSSR count). The van der Waals surface area contributed by atoms with Crippen molar-refractivity contribution in [2.24, 2.45) is 5.92 Å². The first-order valence-corrected chi connectivity index (χ1v) is 7.25. The lowest BCUT2D eigenvalue weighted by molar-refractivity contribution is 0.146. The van der Waals surface area contributed by atoms with Crippen LogP contribution < -0.4 is 5.32 Å². The van der Waals surface area contributed by atoms with E-state index >= 15 is 0 Å². The molecule has 20 heavy (non-hydrogen) atoms. The van der Waals surface area contributed by atoms with E-state index < -0.39 is 0 Å². The number of benzene rings is 1. The van der Waals surface area contributed by atoms with E-state index in [1.54, 1.807) is 13.3 Å². The maximum atomic E-state index is 6.21. The van der Waals surface area contributed by atoms with Crippen LogP contribution in [0.2, 0.25) is 5.02 Å². The molecular weight excluding hydrogens is 272 g/mol. The second-order valence-electron chi connectivity index (χ2n) is 5.29. The van der Waals surface area contributed by atoms with Gasteiger partial charge in [0.1, 0.15) is 0 Å². The fraction of sp³-hybridized carbons (Fsp3) is 0.438. The second kappa shape index (κ2) is 7.02. The molecule has 1 N–H and O–H groups in total. The van der Waals surface area contributed by atoms with Gasteiger partial charge in [0.05, 0.1) is 12.1 Å². The first kappa shape index (κ1) is 15.2. The summed E-state index contributed by atoms with van der Waals surface area (Å²) >= 11 is 6.21. The van der Waals surface area contributed by atoms with E-state index in [1.165, 1.54) is 0 Å². The van der Waals surface area contributed by atoms with Crippen LogP contribution in [0, 0.1) is 5.92 Å². The Morgan fingerprint density at radius 1 is 1.30 bits per heavy atom. The number of pyridine rings is 1. The third-order valence-corrected chi connectivity index (χ3v) is 3.84. The molecule has 0 amide bonds. The van der Waals surface area contributed by atoms with Crippen LogP contribution in [0.15, 0.2) is 30.5 Å². The molecule has 3 nitrogen and oxygen atoms in total. The molecule has 0 spiro atoms. The highest BCUT2D eigenvalue weighted by atomic mass is 35.5. The van der Waals surface area contributed by atoms with Gasteiger partial charge in [-0.2, -0.15) is 0 Å². The van der Waals surface area contributed by atoms with Gasteiger partial charge in [0, 0.05) is 36.3 Å². The molecule has 1 heterocycles. The highest BCUT2D eigenvalue weighted by Gasteiger charge is 2.13. The number of nitrogens with zero attached hydrogens (tertiary/aromatic N) is 1. The quantitative estimate of drug-likeness (QED) is 0.882. The van der Waals surface area contributed by atoms with Gasteiger partial charge >= 0.3 is 0 Å². The van der Waals surface area contributed by atoms with Crippen molar-refractivity contribution in [1.29, 1.82) is 0 Å². The lowest BCUT2D eigenvalue weighted by atomic mass is 10.0. The number of hydrogen-bond donors (Lipinski definition) is 1. The Morgan fingerprint density at radius 2 is 2.10 bits per heavy atom. The van der Waals surface area contributed by atoms with Crippen LogP contribution >= 0.6 is 11.6 Å². The largest absolute Gasteiger partial charge is 0.383 e. The second-order valence-corrected chi connectivity index (χ2v) is 5.70. The Labute approximate surface area is 125 Å². The van der Waals surface area contributed by atoms with Crippen LogP contribution in [0.1, 0.15) is 19.4 Å². The predicted molar refractivity (Wildman–Crippen MR) is 84.1 cm³/mol. The number of aromatic nitrogens is 1. The van der Waals surface area contributed by atoms with Crippen LogP contribution in [-0.4, -0.2) is 24.7 Å². The van der Waals surface area contributed by atoms with E-state index in [9.17, 15) is 0 Å². The van der Waals surface area contributed by atoms with Crippen molar-refractivity contribution in [3.63, 3.8) is 0 Å². The molecule has 0 saturated heterocycles. The van der Waals surface area contributed by atoms with Gasteiger partial charge in [-0.25, -0.2) is 0 Å². The highest BCUT2D eigenvalue weighted by Crippen LogP contribution is 2.24. The van der Waals surface area contributed by atoms with Crippen molar-refractivity contribution in [3.05, 3.63) is 41.0 Å². The molecular formula is C16H21ClN2O. The first-order valence-electron chi connectivity index (χ1n) is 6.88. The number of fused-ring (bicyclic) bond motifs is 1. The zero-order valence-corrected chi connectivity index (χ0v) is 12.9. The van der Waals surface area contributed by atoms with Gasteiger partial charge in [-0.05, 0) is 29.7 Å². The van der Waals surface area contributed by atoms with Crippen LogP contribution in [0.4, 0.5) is 0 Å². The average Bonchev–Trinajstić information content (AvgIpc) is 2.45. The Balaban J connectivity index is 2.19. The molecule has 0 aliphatic heterocycles. The lowest BCUT2D eigenvalue weighted by Gasteiger charge is -2.22. The third-order valence-electron chi connectivity index (χ3n) is 3.51. The van der Waals surface area contributed by atoms with Gasteiger partial charge in [-0.1, -0.05) is 31.5 Å². The molecule has 0 saturated carbocycles. The van der Waals surface area contributed by atoms with Gasteiger partial charge in [-0.3, -0.25) is 4.98 Å². The maximum Gasteiger partial charge on any atom is 0.0761 e. The van der Waals surface area contributed by atoms with E-state index in [0.717, 1.165) is 28.0 Å². The first-order chi connectivity index (χ1) is 9.63. The predicted octanol–water partition coefficient (Wildman–Crippen LogP) is 3.65. The molecule has 4 heteroatoms. The zero-order chi connectivity index (χ0) is 14.5. The van der Waals surface area contributed by atoms with Crippen LogP contribution in [-0.2, 0) is 11.3 Å². The van der Waals surface area contributed by atoms with Crippen molar-refractivity contribution in [1.82, 2.24) is 10.3 Å². The molecule has 0 aliphatic carbocycles. The normalized spacial score (nSPS) is 13.1. The van der Waals surface area contributed by atoms with Crippen molar-refractivity contribution in [3.8, 4) is 0 Å². The molecule has 0 fully saturated rings. The Kier molecular flexibility index (Phi) is 5.35. The fourth-order valence-corrected chi connectivity index (χ4v) is 2.46. The van der Waals surface area contributed by atoms with Gasteiger partial charge in [0.15, 0.2) is 0 Å². The van der Waals surface area contributed by atoms with E-state index in [0.29, 0.717) is 18.6 Å². The summed E-state index contributed by atoms with van der Waals surface area (Å²) in [6.45, 7) is 5.84. The summed E-state index contributed by atoms with van der Waals surface area (Å²) in [5.41, 5.74) is 2.12. The molecule has 1 aromatic heterocycles. The maximum absolute atomic E-state index is 6.21. The fourth-order valence-electron chi connectivity index (χ4n) is 2.25. The minimum Gasteiger partial charge on any atom is -0.383 e. The van der Waals surface area contributed by atoms with Gasteiger partial charge < -0.3 is 10.1 Å². The number of methoxy groups -OCH3 is 1. The SMILES string of the molecule is COCC(NCc1ccc(Cl)c2cccnc12)C(C)C. The summed E-state index contributed by atoms with van der Waals surface area (Å²) in [6.07, 6.45) is 1.80. The highest BCUT2D eigenvalue weighted by molar-refractivity contribution is 6.35. The van der Waals surface area contributed by atoms with Crippen molar-refractivity contribution in [2.75, 3.05) is 13.7 Å². The standard InChI is InChI=1S/C16H21ClN2O/c1-11(2)15(10-20-3)19-9-12-6-7-14(17)13-5-4-8-18-16(12)13/h4-8,11,15,19H,9-10H2,1-3H3. The van der Waals surface area contributed by atoms with Crippen LogP contribution in [0.3, 0.4) is 0 Å². The monoisotopic (exact) mass is 292 g/mol. The smallest absolute Gasteiger partial charge is 0.0761 e. The van der Waals surface area contributed by atoms with Crippen molar-refractivity contribution >= 4 is 22.5 Å². The molecule has 0 radical (unpaired) electrons. The van der Waals surface area contributed by atoms with E-state index in [1.807, 2.05) is 24.3 Å². The number of rotatable bonds is 6. The summed E-state index contributed by atoms with van der Waals surface area (Å²) in [5.74, 6) is 0.515. The van der Waals surface area contributed by atoms with Crippen molar-refractivity contribution in [2.45, 2.75) is 26.4 Å². The molecule has 0 aliphatic rings. The van der Waals surface area contributed by atoms with Crippen LogP contribution in [0.25, 0.3) is 10.9 Å². The summed E-state index contributed by atoms with van der Waals surface area (Å²) in [4.78, 5) is 4.46. The van der Waals surface area contributed by atoms with Gasteiger partial charge in [0.25, 0.3) is 0 Å². The number of halogens is 1. The lowest BCUT2D eigenvalue weighted by Crippen LogP contribution is -2.37. The summed E-state index contributed by atoms with van der Waals surface area (Å²) < 4.78 is 5.26. The Hall–Kier alpha value is -1.16. The van der Waals surface area contributed by atoms with E-state index in [2.05, 4.69) is 24.1 Å². The minimum absolute atomic E-state index is 0.328.